The Hall–Kier alpha value is -1.80. The van der Waals surface area contributed by atoms with Crippen molar-refractivity contribution < 1.29 is 22.4 Å². The number of hydrogen-bond donors (Lipinski definition) is 1. The lowest BCUT2D eigenvalue weighted by atomic mass is 10.1. The standard InChI is InChI=1S/C17H16BrF3N2O2/c1-10(22-13-6-8-24-9-7-13)16-14(18)15(23-25-16)11-2-4-12(5-3-11)17(19,20)21/h2-5,13,22H,1,6-9H2. The number of rotatable bonds is 4. The van der Waals surface area contributed by atoms with Crippen LogP contribution in [0.2, 0.25) is 0 Å². The number of benzene rings is 1. The third kappa shape index (κ3) is 4.07. The zero-order chi connectivity index (χ0) is 18.0. The summed E-state index contributed by atoms with van der Waals surface area (Å²) in [6.07, 6.45) is -2.63. The van der Waals surface area contributed by atoms with Crippen LogP contribution < -0.4 is 5.32 Å². The zero-order valence-electron chi connectivity index (χ0n) is 13.2. The number of alkyl halides is 3. The van der Waals surface area contributed by atoms with Crippen LogP contribution in [-0.4, -0.2) is 24.4 Å². The highest BCUT2D eigenvalue weighted by Crippen LogP contribution is 2.35. The SMILES string of the molecule is C=C(NC1CCOCC1)c1onc(-c2ccc(C(F)(F)F)cc2)c1Br. The van der Waals surface area contributed by atoms with Gasteiger partial charge in [0.2, 0.25) is 0 Å². The second kappa shape index (κ2) is 7.21. The summed E-state index contributed by atoms with van der Waals surface area (Å²) in [7, 11) is 0. The normalized spacial score (nSPS) is 16.0. The molecule has 0 atom stereocenters. The quantitative estimate of drug-likeness (QED) is 0.772. The van der Waals surface area contributed by atoms with Gasteiger partial charge >= 0.3 is 6.18 Å². The molecule has 1 aliphatic heterocycles. The van der Waals surface area contributed by atoms with Gasteiger partial charge in [0, 0.05) is 24.8 Å². The third-order valence-electron chi connectivity index (χ3n) is 3.99. The minimum Gasteiger partial charge on any atom is -0.381 e. The first-order valence-electron chi connectivity index (χ1n) is 7.72. The number of hydrogen-bond acceptors (Lipinski definition) is 4. The number of halogens is 4. The van der Waals surface area contributed by atoms with E-state index >= 15 is 0 Å². The minimum absolute atomic E-state index is 0.243. The molecule has 134 valence electrons. The Morgan fingerprint density at radius 1 is 1.20 bits per heavy atom. The van der Waals surface area contributed by atoms with Gasteiger partial charge in [-0.3, -0.25) is 0 Å². The first kappa shape index (κ1) is 18.0. The van der Waals surface area contributed by atoms with Crippen LogP contribution in [0.5, 0.6) is 0 Å². The summed E-state index contributed by atoms with van der Waals surface area (Å²) < 4.78 is 49.2. The van der Waals surface area contributed by atoms with Gasteiger partial charge in [0.15, 0.2) is 5.76 Å². The van der Waals surface area contributed by atoms with E-state index in [1.807, 2.05) is 0 Å². The molecular formula is C17H16BrF3N2O2. The fourth-order valence-electron chi connectivity index (χ4n) is 2.62. The van der Waals surface area contributed by atoms with Crippen LogP contribution in [0, 0.1) is 0 Å². The minimum atomic E-state index is -4.37. The van der Waals surface area contributed by atoms with Crippen molar-refractivity contribution in [3.05, 3.63) is 46.6 Å². The lowest BCUT2D eigenvalue weighted by Gasteiger charge is -2.24. The van der Waals surface area contributed by atoms with Crippen molar-refractivity contribution in [2.24, 2.45) is 0 Å². The van der Waals surface area contributed by atoms with Crippen molar-refractivity contribution in [1.82, 2.24) is 10.5 Å². The summed E-state index contributed by atoms with van der Waals surface area (Å²) in [5.74, 6) is 0.432. The summed E-state index contributed by atoms with van der Waals surface area (Å²) in [6, 6.07) is 5.01. The maximum Gasteiger partial charge on any atom is 0.416 e. The van der Waals surface area contributed by atoms with E-state index in [0.29, 0.717) is 40.4 Å². The van der Waals surface area contributed by atoms with E-state index in [-0.39, 0.29) is 6.04 Å². The molecule has 2 heterocycles. The molecule has 0 amide bonds. The van der Waals surface area contributed by atoms with Gasteiger partial charge in [-0.2, -0.15) is 13.2 Å². The maximum atomic E-state index is 12.7. The Balaban J connectivity index is 1.77. The van der Waals surface area contributed by atoms with Crippen molar-refractivity contribution in [2.45, 2.75) is 25.1 Å². The molecule has 1 fully saturated rings. The van der Waals surface area contributed by atoms with Gasteiger partial charge in [0.05, 0.1) is 15.7 Å². The topological polar surface area (TPSA) is 47.3 Å². The predicted octanol–water partition coefficient (Wildman–Crippen LogP) is 4.86. The van der Waals surface area contributed by atoms with Crippen molar-refractivity contribution in [3.8, 4) is 11.3 Å². The Bertz CT molecular complexity index is 750. The number of aromatic nitrogens is 1. The lowest BCUT2D eigenvalue weighted by Crippen LogP contribution is -2.33. The van der Waals surface area contributed by atoms with E-state index in [0.717, 1.165) is 25.0 Å². The Labute approximate surface area is 151 Å². The van der Waals surface area contributed by atoms with Crippen molar-refractivity contribution >= 4 is 21.6 Å². The van der Waals surface area contributed by atoms with E-state index in [9.17, 15) is 13.2 Å². The van der Waals surface area contributed by atoms with Crippen molar-refractivity contribution in [1.29, 1.82) is 0 Å². The zero-order valence-corrected chi connectivity index (χ0v) is 14.8. The molecule has 0 aliphatic carbocycles. The first-order valence-corrected chi connectivity index (χ1v) is 8.52. The average molecular weight is 417 g/mol. The molecule has 0 unspecified atom stereocenters. The second-order valence-corrected chi connectivity index (χ2v) is 6.55. The van der Waals surface area contributed by atoms with Crippen LogP contribution >= 0.6 is 15.9 Å². The molecule has 0 radical (unpaired) electrons. The van der Waals surface area contributed by atoms with Gasteiger partial charge in [-0.1, -0.05) is 23.9 Å². The average Bonchev–Trinajstić information content (AvgIpc) is 2.97. The van der Waals surface area contributed by atoms with Gasteiger partial charge in [-0.05, 0) is 40.9 Å². The van der Waals surface area contributed by atoms with Crippen LogP contribution in [-0.2, 0) is 10.9 Å². The van der Waals surface area contributed by atoms with Gasteiger partial charge in [-0.25, -0.2) is 0 Å². The van der Waals surface area contributed by atoms with E-state index in [4.69, 9.17) is 9.26 Å². The van der Waals surface area contributed by atoms with Crippen molar-refractivity contribution in [3.63, 3.8) is 0 Å². The Morgan fingerprint density at radius 3 is 2.44 bits per heavy atom. The Morgan fingerprint density at radius 2 is 1.84 bits per heavy atom. The smallest absolute Gasteiger partial charge is 0.381 e. The molecule has 3 rings (SSSR count). The molecule has 2 aromatic rings. The summed E-state index contributed by atoms with van der Waals surface area (Å²) in [5.41, 5.74) is 0.818. The summed E-state index contributed by atoms with van der Waals surface area (Å²) in [6.45, 7) is 5.36. The fourth-order valence-corrected chi connectivity index (χ4v) is 3.23. The van der Waals surface area contributed by atoms with Crippen LogP contribution in [0.3, 0.4) is 0 Å². The highest BCUT2D eigenvalue weighted by Gasteiger charge is 2.30. The maximum absolute atomic E-state index is 12.7. The molecule has 8 heteroatoms. The van der Waals surface area contributed by atoms with Crippen molar-refractivity contribution in [2.75, 3.05) is 13.2 Å². The van der Waals surface area contributed by atoms with Crippen LogP contribution in [0.4, 0.5) is 13.2 Å². The summed E-state index contributed by atoms with van der Waals surface area (Å²) >= 11 is 3.41. The molecule has 1 aromatic carbocycles. The molecule has 25 heavy (non-hydrogen) atoms. The third-order valence-corrected chi connectivity index (χ3v) is 4.73. The molecule has 1 aromatic heterocycles. The van der Waals surface area contributed by atoms with Crippen LogP contribution in [0.1, 0.15) is 24.2 Å². The van der Waals surface area contributed by atoms with Crippen LogP contribution in [0.15, 0.2) is 39.8 Å². The Kier molecular flexibility index (Phi) is 5.19. The number of nitrogens with zero attached hydrogens (tertiary/aromatic N) is 1. The van der Waals surface area contributed by atoms with E-state index in [2.05, 4.69) is 33.0 Å². The first-order chi connectivity index (χ1) is 11.9. The van der Waals surface area contributed by atoms with E-state index in [1.54, 1.807) is 0 Å². The second-order valence-electron chi connectivity index (χ2n) is 5.76. The molecule has 1 saturated heterocycles. The summed E-state index contributed by atoms with van der Waals surface area (Å²) in [4.78, 5) is 0. The number of nitrogens with one attached hydrogen (secondary N) is 1. The van der Waals surface area contributed by atoms with Gasteiger partial charge in [0.25, 0.3) is 0 Å². The van der Waals surface area contributed by atoms with E-state index in [1.165, 1.54) is 12.1 Å². The van der Waals surface area contributed by atoms with Gasteiger partial charge < -0.3 is 14.6 Å². The predicted molar refractivity (Wildman–Crippen MR) is 90.7 cm³/mol. The molecule has 1 aliphatic rings. The molecular weight excluding hydrogens is 401 g/mol. The number of ether oxygens (including phenoxy) is 1. The van der Waals surface area contributed by atoms with Crippen LogP contribution in [0.25, 0.3) is 17.0 Å². The fraction of sp³-hybridized carbons (Fsp3) is 0.353. The molecule has 0 saturated carbocycles. The monoisotopic (exact) mass is 416 g/mol. The molecule has 1 N–H and O–H groups in total. The molecule has 4 nitrogen and oxygen atoms in total. The van der Waals surface area contributed by atoms with Gasteiger partial charge in [-0.15, -0.1) is 0 Å². The highest BCUT2D eigenvalue weighted by atomic mass is 79.9. The molecule has 0 bridgehead atoms. The highest BCUT2D eigenvalue weighted by molar-refractivity contribution is 9.10. The molecule has 0 spiro atoms. The van der Waals surface area contributed by atoms with Gasteiger partial charge in [0.1, 0.15) is 5.69 Å². The summed E-state index contributed by atoms with van der Waals surface area (Å²) in [5, 5.41) is 7.25. The van der Waals surface area contributed by atoms with E-state index < -0.39 is 11.7 Å². The largest absolute Gasteiger partial charge is 0.416 e. The lowest BCUT2D eigenvalue weighted by molar-refractivity contribution is -0.137.